The zero-order valence-electron chi connectivity index (χ0n) is 17.0. The van der Waals surface area contributed by atoms with Gasteiger partial charge in [-0.15, -0.1) is 12.4 Å². The van der Waals surface area contributed by atoms with Crippen molar-refractivity contribution < 1.29 is 19.1 Å². The molecule has 7 nitrogen and oxygen atoms in total. The lowest BCUT2D eigenvalue weighted by atomic mass is 10.00. The zero-order chi connectivity index (χ0) is 20.8. The van der Waals surface area contributed by atoms with Crippen LogP contribution in [0.1, 0.15) is 41.3 Å². The van der Waals surface area contributed by atoms with E-state index in [1.165, 1.54) is 0 Å². The number of amides is 1. The lowest BCUT2D eigenvalue weighted by Crippen LogP contribution is -2.26. The second kappa shape index (κ2) is 10.6. The number of hydrogen-bond donors (Lipinski definition) is 3. The first-order chi connectivity index (χ1) is 14.0. The van der Waals surface area contributed by atoms with Gasteiger partial charge in [-0.1, -0.05) is 12.1 Å². The summed E-state index contributed by atoms with van der Waals surface area (Å²) in [5, 5.41) is 13.4. The molecule has 1 unspecified atom stereocenters. The number of hydrogen-bond acceptors (Lipinski definition) is 5. The van der Waals surface area contributed by atoms with Gasteiger partial charge in [-0.2, -0.15) is 0 Å². The van der Waals surface area contributed by atoms with E-state index in [0.717, 1.165) is 24.2 Å². The number of esters is 1. The van der Waals surface area contributed by atoms with Gasteiger partial charge in [-0.25, -0.2) is 0 Å². The fourth-order valence-corrected chi connectivity index (χ4v) is 3.21. The first-order valence-corrected chi connectivity index (χ1v) is 9.63. The summed E-state index contributed by atoms with van der Waals surface area (Å²) in [5.41, 5.74) is 2.92. The van der Waals surface area contributed by atoms with Gasteiger partial charge in [0.15, 0.2) is 0 Å². The minimum absolute atomic E-state index is 0. The van der Waals surface area contributed by atoms with Crippen molar-refractivity contribution in [3.8, 4) is 5.75 Å². The highest BCUT2D eigenvalue weighted by atomic mass is 35.5. The van der Waals surface area contributed by atoms with Crippen molar-refractivity contribution in [2.45, 2.75) is 32.3 Å². The van der Waals surface area contributed by atoms with Gasteiger partial charge in [0.2, 0.25) is 0 Å². The molecule has 3 rings (SSSR count). The molecule has 0 bridgehead atoms. The van der Waals surface area contributed by atoms with Crippen LogP contribution in [0.15, 0.2) is 42.5 Å². The minimum Gasteiger partial charge on any atom is -0.490 e. The van der Waals surface area contributed by atoms with E-state index < -0.39 is 0 Å². The van der Waals surface area contributed by atoms with E-state index in [1.54, 1.807) is 44.3 Å². The zero-order valence-corrected chi connectivity index (χ0v) is 17.8. The molecule has 0 aliphatic carbocycles. The van der Waals surface area contributed by atoms with Crippen LogP contribution in [-0.2, 0) is 16.0 Å². The third-order valence-electron chi connectivity index (χ3n) is 4.73. The van der Waals surface area contributed by atoms with Gasteiger partial charge >= 0.3 is 5.97 Å². The highest BCUT2D eigenvalue weighted by Gasteiger charge is 2.23. The summed E-state index contributed by atoms with van der Waals surface area (Å²) in [6.07, 6.45) is 1.55. The minimum atomic E-state index is -0.249. The molecule has 1 atom stereocenters. The third kappa shape index (κ3) is 5.73. The largest absolute Gasteiger partial charge is 0.490 e. The van der Waals surface area contributed by atoms with Crippen LogP contribution >= 0.6 is 12.4 Å². The number of benzene rings is 2. The summed E-state index contributed by atoms with van der Waals surface area (Å²) in [6.45, 7) is 2.15. The maximum Gasteiger partial charge on any atom is 0.309 e. The number of carbonyl (C=O) groups excluding carboxylic acids is 2. The molecule has 0 saturated heterocycles. The molecule has 8 heteroatoms. The highest BCUT2D eigenvalue weighted by molar-refractivity contribution is 6.05. The van der Waals surface area contributed by atoms with Gasteiger partial charge in [-0.05, 0) is 55.7 Å². The van der Waals surface area contributed by atoms with Crippen molar-refractivity contribution in [1.82, 2.24) is 5.32 Å². The SMILES string of the molecule is CCOC(=O)CC1CCc2cc(NC(=O)c3ccc(C(=N)NC)cc3)ccc2O1.Cl. The molecule has 160 valence electrons. The van der Waals surface area contributed by atoms with Crippen LogP contribution in [-0.4, -0.2) is 37.5 Å². The first kappa shape index (κ1) is 23.2. The molecule has 2 aromatic rings. The molecular weight excluding hydrogens is 406 g/mol. The van der Waals surface area contributed by atoms with Crippen LogP contribution < -0.4 is 15.4 Å². The van der Waals surface area contributed by atoms with Crippen molar-refractivity contribution in [1.29, 1.82) is 5.41 Å². The van der Waals surface area contributed by atoms with Crippen LogP contribution in [0.25, 0.3) is 0 Å². The molecule has 0 fully saturated rings. The number of rotatable bonds is 6. The molecular formula is C22H26ClN3O4. The van der Waals surface area contributed by atoms with E-state index in [0.29, 0.717) is 29.3 Å². The van der Waals surface area contributed by atoms with Crippen molar-refractivity contribution >= 4 is 35.8 Å². The molecule has 1 aliphatic rings. The van der Waals surface area contributed by atoms with Crippen molar-refractivity contribution in [2.75, 3.05) is 19.0 Å². The number of aryl methyl sites for hydroxylation is 1. The molecule has 2 aromatic carbocycles. The molecule has 3 N–H and O–H groups in total. The quantitative estimate of drug-likeness (QED) is 0.369. The van der Waals surface area contributed by atoms with Crippen molar-refractivity contribution in [2.24, 2.45) is 0 Å². The van der Waals surface area contributed by atoms with Crippen LogP contribution in [0.2, 0.25) is 0 Å². The van der Waals surface area contributed by atoms with Crippen LogP contribution in [0.4, 0.5) is 5.69 Å². The number of carbonyl (C=O) groups is 2. The van der Waals surface area contributed by atoms with Gasteiger partial charge in [0, 0.05) is 23.9 Å². The fraction of sp³-hybridized carbons (Fsp3) is 0.318. The number of nitrogens with one attached hydrogen (secondary N) is 3. The average Bonchev–Trinajstić information content (AvgIpc) is 2.73. The molecule has 1 heterocycles. The number of amidine groups is 1. The van der Waals surface area contributed by atoms with E-state index in [-0.39, 0.29) is 36.8 Å². The maximum atomic E-state index is 12.5. The number of fused-ring (bicyclic) bond motifs is 1. The summed E-state index contributed by atoms with van der Waals surface area (Å²) >= 11 is 0. The molecule has 1 amide bonds. The normalized spacial score (nSPS) is 14.4. The number of halogens is 1. The topological polar surface area (TPSA) is 101 Å². The summed E-state index contributed by atoms with van der Waals surface area (Å²) in [4.78, 5) is 24.1. The molecule has 0 saturated carbocycles. The Labute approximate surface area is 182 Å². The highest BCUT2D eigenvalue weighted by Crippen LogP contribution is 2.31. The Morgan fingerprint density at radius 3 is 2.53 bits per heavy atom. The van der Waals surface area contributed by atoms with Crippen LogP contribution in [0, 0.1) is 5.41 Å². The van der Waals surface area contributed by atoms with Gasteiger partial charge in [0.25, 0.3) is 5.91 Å². The Kier molecular flexibility index (Phi) is 8.24. The maximum absolute atomic E-state index is 12.5. The van der Waals surface area contributed by atoms with Gasteiger partial charge in [0.05, 0.1) is 13.0 Å². The second-order valence-electron chi connectivity index (χ2n) is 6.77. The van der Waals surface area contributed by atoms with Crippen molar-refractivity contribution in [3.05, 3.63) is 59.2 Å². The molecule has 0 spiro atoms. The summed E-state index contributed by atoms with van der Waals surface area (Å²) in [5.74, 6) is 0.566. The first-order valence-electron chi connectivity index (χ1n) is 9.63. The summed E-state index contributed by atoms with van der Waals surface area (Å²) < 4.78 is 10.9. The van der Waals surface area contributed by atoms with Gasteiger partial charge < -0.3 is 20.1 Å². The smallest absolute Gasteiger partial charge is 0.309 e. The Balaban J connectivity index is 0.00000320. The monoisotopic (exact) mass is 431 g/mol. The third-order valence-corrected chi connectivity index (χ3v) is 4.73. The van der Waals surface area contributed by atoms with E-state index >= 15 is 0 Å². The van der Waals surface area contributed by atoms with Crippen LogP contribution in [0.3, 0.4) is 0 Å². The molecule has 1 aliphatic heterocycles. The fourth-order valence-electron chi connectivity index (χ4n) is 3.21. The van der Waals surface area contributed by atoms with Gasteiger partial charge in [-0.3, -0.25) is 15.0 Å². The molecule has 0 aromatic heterocycles. The van der Waals surface area contributed by atoms with Gasteiger partial charge in [0.1, 0.15) is 17.7 Å². The predicted octanol–water partition coefficient (Wildman–Crippen LogP) is 3.55. The van der Waals surface area contributed by atoms with E-state index in [1.807, 2.05) is 12.1 Å². The Morgan fingerprint density at radius 2 is 1.87 bits per heavy atom. The van der Waals surface area contributed by atoms with E-state index in [2.05, 4.69) is 10.6 Å². The van der Waals surface area contributed by atoms with E-state index in [9.17, 15) is 9.59 Å². The molecule has 30 heavy (non-hydrogen) atoms. The lowest BCUT2D eigenvalue weighted by Gasteiger charge is -2.26. The Morgan fingerprint density at radius 1 is 1.17 bits per heavy atom. The number of anilines is 1. The Bertz CT molecular complexity index is 915. The van der Waals surface area contributed by atoms with Crippen molar-refractivity contribution in [3.63, 3.8) is 0 Å². The summed E-state index contributed by atoms with van der Waals surface area (Å²) in [6, 6.07) is 12.4. The van der Waals surface area contributed by atoms with E-state index in [4.69, 9.17) is 14.9 Å². The van der Waals surface area contributed by atoms with Crippen LogP contribution in [0.5, 0.6) is 5.75 Å². The predicted molar refractivity (Wildman–Crippen MR) is 118 cm³/mol. The standard InChI is InChI=1S/C22H25N3O4.ClH/c1-3-28-20(26)13-18-10-8-16-12-17(9-11-19(16)29-18)25-22(27)15-6-4-14(5-7-15)21(23)24-2;/h4-7,9,11-12,18H,3,8,10,13H2,1-2H3,(H2,23,24)(H,25,27);1H. The summed E-state index contributed by atoms with van der Waals surface area (Å²) in [7, 11) is 1.68. The lowest BCUT2D eigenvalue weighted by molar-refractivity contribution is -0.145. The molecule has 0 radical (unpaired) electrons. The Hall–Kier alpha value is -3.06. The number of ether oxygens (including phenoxy) is 2. The average molecular weight is 432 g/mol. The second-order valence-corrected chi connectivity index (χ2v) is 6.77.